The molecule has 0 amide bonds. The Morgan fingerprint density at radius 3 is 2.38 bits per heavy atom. The fourth-order valence-corrected chi connectivity index (χ4v) is 9.25. The third-order valence-corrected chi connectivity index (χ3v) is 11.6. The van der Waals surface area contributed by atoms with Crippen LogP contribution in [0.1, 0.15) is 72.1 Å². The summed E-state index contributed by atoms with van der Waals surface area (Å²) in [6, 6.07) is 0.0329. The lowest BCUT2D eigenvalue weighted by Crippen LogP contribution is -2.54. The molecule has 0 aromatic heterocycles. The molecule has 224 valence electrons. The number of rotatable bonds is 8. The van der Waals surface area contributed by atoms with Crippen LogP contribution in [0.3, 0.4) is 0 Å². The van der Waals surface area contributed by atoms with Gasteiger partial charge in [0, 0.05) is 51.3 Å². The highest BCUT2D eigenvalue weighted by Gasteiger charge is 2.48. The lowest BCUT2D eigenvalue weighted by molar-refractivity contribution is -0.173. The molecular weight excluding hydrogens is 524 g/mol. The molecule has 12 heteroatoms. The number of methoxy groups -OCH3 is 1. The largest absolute Gasteiger partial charge is 0.428 e. The van der Waals surface area contributed by atoms with Gasteiger partial charge in [-0.1, -0.05) is 0 Å². The lowest BCUT2D eigenvalue weighted by atomic mass is 9.71. The minimum Gasteiger partial charge on any atom is -0.428 e. The summed E-state index contributed by atoms with van der Waals surface area (Å²) in [5, 5.41) is 1.74. The molecule has 6 atom stereocenters. The molecule has 0 aromatic carbocycles. The Bertz CT molecular complexity index is 964. The van der Waals surface area contributed by atoms with Gasteiger partial charge in [0.1, 0.15) is 0 Å². The zero-order valence-corrected chi connectivity index (χ0v) is 24.8. The van der Waals surface area contributed by atoms with Crippen LogP contribution >= 0.6 is 0 Å². The number of nitrogens with zero attached hydrogens (tertiary/aromatic N) is 2. The SMILES string of the molecule is COC1CCN(S(=O)(=O)C2CC(N)CCC2C2CCN3NCC(CC(=O)OCOC(=O)C(C)(C)C)C3C2)CC1. The standard InChI is InChI=1S/C27H48N4O7S/c1-27(2,3)26(33)38-17-37-25(32)14-19-16-29-31-12-7-18(13-23(19)31)22-6-5-20(28)15-24(22)39(34,35)30-10-8-21(36-4)9-11-30/h18-24,29H,5-17,28H2,1-4H3. The summed E-state index contributed by atoms with van der Waals surface area (Å²) in [7, 11) is -1.79. The van der Waals surface area contributed by atoms with Crippen molar-refractivity contribution in [3.8, 4) is 0 Å². The van der Waals surface area contributed by atoms with Gasteiger partial charge in [-0.3, -0.25) is 15.0 Å². The first-order valence-corrected chi connectivity index (χ1v) is 16.0. The van der Waals surface area contributed by atoms with Gasteiger partial charge >= 0.3 is 11.9 Å². The van der Waals surface area contributed by atoms with Gasteiger partial charge in [0.2, 0.25) is 16.8 Å². The Morgan fingerprint density at radius 1 is 1.00 bits per heavy atom. The molecule has 3 aliphatic heterocycles. The van der Waals surface area contributed by atoms with Crippen LogP contribution in [0.5, 0.6) is 0 Å². The number of nitrogens with two attached hydrogens (primary N) is 1. The number of nitrogens with one attached hydrogen (secondary N) is 1. The van der Waals surface area contributed by atoms with Gasteiger partial charge in [-0.15, -0.1) is 0 Å². The highest BCUT2D eigenvalue weighted by atomic mass is 32.2. The van der Waals surface area contributed by atoms with Crippen molar-refractivity contribution in [1.29, 1.82) is 0 Å². The van der Waals surface area contributed by atoms with Crippen LogP contribution in [-0.4, -0.2) is 93.2 Å². The molecule has 1 saturated carbocycles. The number of fused-ring (bicyclic) bond motifs is 1. The molecule has 3 saturated heterocycles. The summed E-state index contributed by atoms with van der Waals surface area (Å²) in [5.41, 5.74) is 9.09. The van der Waals surface area contributed by atoms with E-state index in [1.54, 1.807) is 32.2 Å². The number of hydrogen-bond donors (Lipinski definition) is 2. The zero-order chi connectivity index (χ0) is 28.4. The molecule has 3 N–H and O–H groups in total. The zero-order valence-electron chi connectivity index (χ0n) is 24.0. The van der Waals surface area contributed by atoms with Crippen molar-refractivity contribution in [2.45, 2.75) is 95.6 Å². The number of hydrazine groups is 1. The summed E-state index contributed by atoms with van der Waals surface area (Å²) in [4.78, 5) is 24.5. The first kappa shape index (κ1) is 30.6. The van der Waals surface area contributed by atoms with Crippen molar-refractivity contribution >= 4 is 22.0 Å². The summed E-state index contributed by atoms with van der Waals surface area (Å²) >= 11 is 0. The molecule has 39 heavy (non-hydrogen) atoms. The number of hydrogen-bond acceptors (Lipinski definition) is 10. The van der Waals surface area contributed by atoms with E-state index in [2.05, 4.69) is 10.4 Å². The van der Waals surface area contributed by atoms with Crippen LogP contribution in [0.25, 0.3) is 0 Å². The van der Waals surface area contributed by atoms with Crippen LogP contribution in [-0.2, 0) is 33.8 Å². The fourth-order valence-electron chi connectivity index (χ4n) is 6.85. The predicted octanol–water partition coefficient (Wildman–Crippen LogP) is 1.62. The van der Waals surface area contributed by atoms with E-state index in [4.69, 9.17) is 19.9 Å². The van der Waals surface area contributed by atoms with Gasteiger partial charge in [-0.25, -0.2) is 17.7 Å². The van der Waals surface area contributed by atoms with Crippen LogP contribution in [0.2, 0.25) is 0 Å². The monoisotopic (exact) mass is 572 g/mol. The van der Waals surface area contributed by atoms with Crippen molar-refractivity contribution in [1.82, 2.24) is 14.7 Å². The molecule has 6 unspecified atom stereocenters. The van der Waals surface area contributed by atoms with Crippen molar-refractivity contribution in [2.24, 2.45) is 28.9 Å². The molecule has 4 rings (SSSR count). The number of sulfonamides is 1. The second-order valence-corrected chi connectivity index (χ2v) is 15.0. The second kappa shape index (κ2) is 12.7. The Morgan fingerprint density at radius 2 is 1.72 bits per heavy atom. The Balaban J connectivity index is 1.37. The third-order valence-electron chi connectivity index (χ3n) is 9.20. The van der Waals surface area contributed by atoms with E-state index < -0.39 is 32.6 Å². The van der Waals surface area contributed by atoms with E-state index in [0.29, 0.717) is 26.1 Å². The quantitative estimate of drug-likeness (QED) is 0.326. The second-order valence-electron chi connectivity index (χ2n) is 12.8. The van der Waals surface area contributed by atoms with E-state index in [-0.39, 0.29) is 49.2 Å². The predicted molar refractivity (Wildman–Crippen MR) is 145 cm³/mol. The molecule has 4 aliphatic rings. The van der Waals surface area contributed by atoms with Crippen LogP contribution < -0.4 is 11.2 Å². The summed E-state index contributed by atoms with van der Waals surface area (Å²) in [5.74, 6) is -0.453. The normalized spacial score (nSPS) is 33.5. The Kier molecular flexibility index (Phi) is 9.97. The average Bonchev–Trinajstić information content (AvgIpc) is 3.29. The maximum atomic E-state index is 13.9. The minimum absolute atomic E-state index is 0.0487. The van der Waals surface area contributed by atoms with Gasteiger partial charge in [0.25, 0.3) is 0 Å². The lowest BCUT2D eigenvalue weighted by Gasteiger charge is -2.45. The van der Waals surface area contributed by atoms with E-state index >= 15 is 0 Å². The number of ether oxygens (including phenoxy) is 3. The third kappa shape index (κ3) is 7.32. The van der Waals surface area contributed by atoms with Crippen molar-refractivity contribution < 1.29 is 32.2 Å². The Labute approximate surface area is 233 Å². The molecule has 3 heterocycles. The number of esters is 2. The van der Waals surface area contributed by atoms with Crippen LogP contribution in [0.15, 0.2) is 0 Å². The van der Waals surface area contributed by atoms with Crippen molar-refractivity contribution in [3.63, 3.8) is 0 Å². The maximum Gasteiger partial charge on any atom is 0.314 e. The number of carbonyl (C=O) groups excluding carboxylic acids is 2. The van der Waals surface area contributed by atoms with E-state index in [1.807, 2.05) is 0 Å². The molecule has 0 aromatic rings. The van der Waals surface area contributed by atoms with Crippen molar-refractivity contribution in [2.75, 3.05) is 40.1 Å². The molecule has 1 aliphatic carbocycles. The first-order valence-electron chi connectivity index (χ1n) is 14.5. The minimum atomic E-state index is -3.48. The highest BCUT2D eigenvalue weighted by Crippen LogP contribution is 2.43. The van der Waals surface area contributed by atoms with Gasteiger partial charge in [0.15, 0.2) is 0 Å². The van der Waals surface area contributed by atoms with Gasteiger partial charge in [-0.2, -0.15) is 0 Å². The Hall–Kier alpha value is -1.31. The number of carbonyl (C=O) groups is 2. The molecule has 0 spiro atoms. The maximum absolute atomic E-state index is 13.9. The molecule has 4 fully saturated rings. The summed E-state index contributed by atoms with van der Waals surface area (Å²) in [6.07, 6.45) is 5.70. The summed E-state index contributed by atoms with van der Waals surface area (Å²) in [6.45, 7) is 7.34. The van der Waals surface area contributed by atoms with Gasteiger partial charge in [-0.05, 0) is 77.6 Å². The smallest absolute Gasteiger partial charge is 0.314 e. The number of piperidine rings is 2. The van der Waals surface area contributed by atoms with Gasteiger partial charge < -0.3 is 19.9 Å². The molecule has 0 bridgehead atoms. The first-order chi connectivity index (χ1) is 18.4. The van der Waals surface area contributed by atoms with E-state index in [1.165, 1.54) is 0 Å². The van der Waals surface area contributed by atoms with Crippen LogP contribution in [0.4, 0.5) is 0 Å². The highest BCUT2D eigenvalue weighted by molar-refractivity contribution is 7.89. The molecule has 0 radical (unpaired) electrons. The topological polar surface area (TPSA) is 140 Å². The summed E-state index contributed by atoms with van der Waals surface area (Å²) < 4.78 is 45.2. The van der Waals surface area contributed by atoms with Crippen LogP contribution in [0, 0.1) is 23.2 Å². The van der Waals surface area contributed by atoms with E-state index in [0.717, 1.165) is 45.1 Å². The fraction of sp³-hybridized carbons (Fsp3) is 0.926. The molecular formula is C27H48N4O7S. The van der Waals surface area contributed by atoms with Gasteiger partial charge in [0.05, 0.1) is 23.2 Å². The average molecular weight is 573 g/mol. The molecule has 11 nitrogen and oxygen atoms in total. The van der Waals surface area contributed by atoms with E-state index in [9.17, 15) is 18.0 Å². The van der Waals surface area contributed by atoms with Crippen molar-refractivity contribution in [3.05, 3.63) is 0 Å².